The Labute approximate surface area is 96.1 Å². The molecule has 80 valence electrons. The van der Waals surface area contributed by atoms with Gasteiger partial charge in [-0.25, -0.2) is 0 Å². The number of rotatable bonds is 1. The third kappa shape index (κ3) is 2.77. The van der Waals surface area contributed by atoms with Crippen molar-refractivity contribution in [3.63, 3.8) is 0 Å². The molecule has 2 atom stereocenters. The van der Waals surface area contributed by atoms with Gasteiger partial charge < -0.3 is 0 Å². The Hall–Kier alpha value is -0.920. The molecule has 3 heteroatoms. The van der Waals surface area contributed by atoms with Crippen LogP contribution >= 0.6 is 12.2 Å². The molecule has 0 radical (unpaired) electrons. The maximum absolute atomic E-state index is 4.77. The Bertz CT molecular complexity index is 327. The zero-order valence-electron chi connectivity index (χ0n) is 8.78. The number of nitrogens with zero attached hydrogens (tertiary/aromatic N) is 1. The van der Waals surface area contributed by atoms with Crippen molar-refractivity contribution in [3.05, 3.63) is 17.8 Å². The monoisotopic (exact) mass is 220 g/mol. The number of hydrogen-bond donors (Lipinski definition) is 1. The average molecular weight is 220 g/mol. The minimum Gasteiger partial charge on any atom is -0.286 e. The van der Waals surface area contributed by atoms with E-state index in [1.807, 2.05) is 6.21 Å². The van der Waals surface area contributed by atoms with Crippen LogP contribution in [0.4, 0.5) is 0 Å². The van der Waals surface area contributed by atoms with Crippen LogP contribution < -0.4 is 5.43 Å². The Morgan fingerprint density at radius 3 is 3.27 bits per heavy atom. The lowest BCUT2D eigenvalue weighted by atomic mass is 9.83. The van der Waals surface area contributed by atoms with Crippen molar-refractivity contribution in [1.29, 1.82) is 0 Å². The van der Waals surface area contributed by atoms with E-state index in [4.69, 9.17) is 12.2 Å². The van der Waals surface area contributed by atoms with Crippen molar-refractivity contribution < 1.29 is 0 Å². The minimum atomic E-state index is 0.573. The van der Waals surface area contributed by atoms with Gasteiger partial charge in [0, 0.05) is 18.3 Å². The maximum atomic E-state index is 4.77. The van der Waals surface area contributed by atoms with Crippen LogP contribution in [0.3, 0.4) is 0 Å². The number of fused-ring (bicyclic) bond motifs is 1. The summed E-state index contributed by atoms with van der Waals surface area (Å²) in [5.74, 6) is 1.20. The van der Waals surface area contributed by atoms with Crippen molar-refractivity contribution >= 4 is 23.5 Å². The van der Waals surface area contributed by atoms with E-state index in [0.29, 0.717) is 11.8 Å². The summed E-state index contributed by atoms with van der Waals surface area (Å²) in [6.07, 6.45) is 12.2. The van der Waals surface area contributed by atoms with E-state index in [1.165, 1.54) is 31.3 Å². The van der Waals surface area contributed by atoms with Gasteiger partial charge in [-0.15, -0.1) is 0 Å². The molecule has 0 spiro atoms. The molecular weight excluding hydrogens is 204 g/mol. The van der Waals surface area contributed by atoms with E-state index < -0.39 is 0 Å². The van der Waals surface area contributed by atoms with Gasteiger partial charge in [0.1, 0.15) is 0 Å². The predicted octanol–water partition coefficient (Wildman–Crippen LogP) is 2.81. The molecular formula is C12H16N2S. The second kappa shape index (κ2) is 5.24. The summed E-state index contributed by atoms with van der Waals surface area (Å²) in [6.45, 7) is 0. The van der Waals surface area contributed by atoms with Gasteiger partial charge in [-0.3, -0.25) is 5.43 Å². The maximum Gasteiger partial charge on any atom is 0.0318 e. The average Bonchev–Trinajstić information content (AvgIpc) is 2.23. The molecule has 2 rings (SSSR count). The SMILES string of the molecule is S=C=C[C@@H]1CCCC2C=NNC=C2CC1. The second-order valence-corrected chi connectivity index (χ2v) is 4.48. The smallest absolute Gasteiger partial charge is 0.0318 e. The lowest BCUT2D eigenvalue weighted by Gasteiger charge is -2.24. The first-order valence-corrected chi connectivity index (χ1v) is 5.99. The Kier molecular flexibility index (Phi) is 3.70. The Balaban J connectivity index is 2.01. The minimum absolute atomic E-state index is 0.573. The number of nitrogens with one attached hydrogen (secondary N) is 1. The number of hydrazone groups is 1. The molecule has 1 heterocycles. The summed E-state index contributed by atoms with van der Waals surface area (Å²) in [6, 6.07) is 0. The number of thiocarbonyl (C=S) groups is 1. The van der Waals surface area contributed by atoms with Crippen molar-refractivity contribution in [3.8, 4) is 0 Å². The molecule has 0 amide bonds. The van der Waals surface area contributed by atoms with Crippen LogP contribution in [0.1, 0.15) is 32.1 Å². The van der Waals surface area contributed by atoms with Crippen LogP contribution in [0.5, 0.6) is 0 Å². The summed E-state index contributed by atoms with van der Waals surface area (Å²) in [7, 11) is 0. The van der Waals surface area contributed by atoms with Crippen molar-refractivity contribution in [2.24, 2.45) is 16.9 Å². The molecule has 1 unspecified atom stereocenters. The number of hydrogen-bond acceptors (Lipinski definition) is 3. The van der Waals surface area contributed by atoms with Gasteiger partial charge >= 0.3 is 0 Å². The van der Waals surface area contributed by atoms with Crippen molar-refractivity contribution in [2.45, 2.75) is 32.1 Å². The highest BCUT2D eigenvalue weighted by Gasteiger charge is 2.19. The molecule has 1 fully saturated rings. The van der Waals surface area contributed by atoms with Crippen molar-refractivity contribution in [2.75, 3.05) is 0 Å². The molecule has 1 aliphatic carbocycles. The summed E-state index contributed by atoms with van der Waals surface area (Å²) < 4.78 is 0. The topological polar surface area (TPSA) is 24.4 Å². The molecule has 0 aromatic carbocycles. The van der Waals surface area contributed by atoms with E-state index in [-0.39, 0.29) is 0 Å². The molecule has 2 nitrogen and oxygen atoms in total. The fourth-order valence-electron chi connectivity index (χ4n) is 2.33. The van der Waals surface area contributed by atoms with E-state index in [0.717, 1.165) is 6.42 Å². The van der Waals surface area contributed by atoms with Gasteiger partial charge in [-0.2, -0.15) is 5.10 Å². The quantitative estimate of drug-likeness (QED) is 0.687. The summed E-state index contributed by atoms with van der Waals surface area (Å²) in [4.78, 5) is 0. The fourth-order valence-corrected chi connectivity index (χ4v) is 2.53. The highest BCUT2D eigenvalue weighted by atomic mass is 32.1. The molecule has 1 aliphatic heterocycles. The van der Waals surface area contributed by atoms with Crippen LogP contribution in [0.25, 0.3) is 0 Å². The highest BCUT2D eigenvalue weighted by molar-refractivity contribution is 7.78. The van der Waals surface area contributed by atoms with E-state index >= 15 is 0 Å². The van der Waals surface area contributed by atoms with Crippen LogP contribution in [-0.4, -0.2) is 11.2 Å². The number of allylic oxidation sites excluding steroid dienone is 2. The molecule has 15 heavy (non-hydrogen) atoms. The predicted molar refractivity (Wildman–Crippen MR) is 66.9 cm³/mol. The van der Waals surface area contributed by atoms with Gasteiger partial charge in [0.05, 0.1) is 0 Å². The van der Waals surface area contributed by atoms with Gasteiger partial charge in [0.15, 0.2) is 0 Å². The van der Waals surface area contributed by atoms with E-state index in [9.17, 15) is 0 Å². The standard InChI is InChI=1S/C12H16N2S/c15-7-6-10-2-1-3-11-8-13-14-9-12(11)5-4-10/h6,8-11,14H,1-5H2/t10-,11?/m1/s1. The van der Waals surface area contributed by atoms with Crippen LogP contribution in [0, 0.1) is 11.8 Å². The zero-order chi connectivity index (χ0) is 10.5. The van der Waals surface area contributed by atoms with E-state index in [2.05, 4.69) is 27.8 Å². The zero-order valence-corrected chi connectivity index (χ0v) is 9.59. The van der Waals surface area contributed by atoms with Gasteiger partial charge in [0.2, 0.25) is 0 Å². The van der Waals surface area contributed by atoms with E-state index in [1.54, 1.807) is 0 Å². The lowest BCUT2D eigenvalue weighted by Crippen LogP contribution is -2.18. The van der Waals surface area contributed by atoms with Gasteiger partial charge in [-0.05, 0) is 55.5 Å². The summed E-state index contributed by atoms with van der Waals surface area (Å²) in [5, 5.41) is 6.86. The largest absolute Gasteiger partial charge is 0.286 e. The molecule has 1 N–H and O–H groups in total. The molecule has 0 aromatic rings. The fraction of sp³-hybridized carbons (Fsp3) is 0.583. The van der Waals surface area contributed by atoms with Crippen LogP contribution in [0.15, 0.2) is 23.0 Å². The Morgan fingerprint density at radius 1 is 1.47 bits per heavy atom. The third-order valence-electron chi connectivity index (χ3n) is 3.25. The first-order chi connectivity index (χ1) is 7.40. The molecule has 1 saturated carbocycles. The molecule has 0 aromatic heterocycles. The van der Waals surface area contributed by atoms with Gasteiger partial charge in [0.25, 0.3) is 0 Å². The second-order valence-electron chi connectivity index (χ2n) is 4.25. The Morgan fingerprint density at radius 2 is 2.40 bits per heavy atom. The molecule has 0 bridgehead atoms. The lowest BCUT2D eigenvalue weighted by molar-refractivity contribution is 0.455. The first kappa shape index (κ1) is 10.6. The normalized spacial score (nSPS) is 30.0. The highest BCUT2D eigenvalue weighted by Crippen LogP contribution is 2.30. The first-order valence-electron chi connectivity index (χ1n) is 5.59. The molecule has 0 saturated heterocycles. The third-order valence-corrected chi connectivity index (χ3v) is 3.39. The van der Waals surface area contributed by atoms with Crippen molar-refractivity contribution in [1.82, 2.24) is 5.43 Å². The van der Waals surface area contributed by atoms with Crippen LogP contribution in [-0.2, 0) is 0 Å². The van der Waals surface area contributed by atoms with Gasteiger partial charge in [-0.1, -0.05) is 11.4 Å². The van der Waals surface area contributed by atoms with Crippen LogP contribution in [0.2, 0.25) is 0 Å². The summed E-state index contributed by atoms with van der Waals surface area (Å²) >= 11 is 4.77. The molecule has 2 aliphatic rings. The summed E-state index contributed by atoms with van der Waals surface area (Å²) in [5.41, 5.74) is 4.43.